The van der Waals surface area contributed by atoms with Crippen molar-refractivity contribution in [1.29, 1.82) is 0 Å². The molecule has 0 radical (unpaired) electrons. The van der Waals surface area contributed by atoms with Crippen LogP contribution in [0.15, 0.2) is 0 Å². The van der Waals surface area contributed by atoms with E-state index in [0.29, 0.717) is 0 Å². The second-order valence-electron chi connectivity index (χ2n) is 4.27. The number of amides is 2. The van der Waals surface area contributed by atoms with Crippen LogP contribution < -0.4 is 11.1 Å². The average molecular weight is 218 g/mol. The molecule has 2 atom stereocenters. The van der Waals surface area contributed by atoms with Gasteiger partial charge in [-0.05, 0) is 27.7 Å². The second-order valence-corrected chi connectivity index (χ2v) is 4.27. The molecule has 0 fully saturated rings. The molecule has 0 heterocycles. The first-order chi connectivity index (χ1) is 6.63. The van der Waals surface area contributed by atoms with E-state index in [-0.39, 0.29) is 0 Å². The zero-order chi connectivity index (χ0) is 12.2. The van der Waals surface area contributed by atoms with Gasteiger partial charge in [0.05, 0.1) is 6.10 Å². The maximum Gasteiger partial charge on any atom is 0.408 e. The summed E-state index contributed by atoms with van der Waals surface area (Å²) in [5, 5.41) is 11.3. The number of carbonyl (C=O) groups excluding carboxylic acids is 2. The standard InChI is InChI=1S/C9H18N2O4/c1-5(12)6(7(10)13)11-8(14)15-9(2,3)4/h5-6,12H,1-4H3,(H2,10,13)(H,11,14)/t5-,6-/m0/s1. The van der Waals surface area contributed by atoms with Crippen LogP contribution in [0.25, 0.3) is 0 Å². The summed E-state index contributed by atoms with van der Waals surface area (Å²) < 4.78 is 4.90. The van der Waals surface area contributed by atoms with Gasteiger partial charge >= 0.3 is 6.09 Å². The maximum atomic E-state index is 11.2. The second kappa shape index (κ2) is 4.97. The lowest BCUT2D eigenvalue weighted by Crippen LogP contribution is -2.51. The highest BCUT2D eigenvalue weighted by Gasteiger charge is 2.25. The summed E-state index contributed by atoms with van der Waals surface area (Å²) in [6.07, 6.45) is -1.85. The smallest absolute Gasteiger partial charge is 0.408 e. The van der Waals surface area contributed by atoms with Gasteiger partial charge in [-0.25, -0.2) is 4.79 Å². The minimum absolute atomic E-state index is 0.662. The summed E-state index contributed by atoms with van der Waals surface area (Å²) in [7, 11) is 0. The fourth-order valence-corrected chi connectivity index (χ4v) is 0.864. The van der Waals surface area contributed by atoms with Crippen LogP contribution in [0.5, 0.6) is 0 Å². The van der Waals surface area contributed by atoms with Gasteiger partial charge in [-0.2, -0.15) is 0 Å². The average Bonchev–Trinajstić information content (AvgIpc) is 1.95. The number of aliphatic hydroxyl groups is 1. The van der Waals surface area contributed by atoms with E-state index in [1.807, 2.05) is 0 Å². The number of carbonyl (C=O) groups is 2. The molecule has 0 saturated heterocycles. The predicted molar refractivity (Wildman–Crippen MR) is 54.0 cm³/mol. The number of nitrogens with two attached hydrogens (primary N) is 1. The fourth-order valence-electron chi connectivity index (χ4n) is 0.864. The van der Waals surface area contributed by atoms with Crippen molar-refractivity contribution in [3.63, 3.8) is 0 Å². The van der Waals surface area contributed by atoms with Gasteiger partial charge in [0.1, 0.15) is 11.6 Å². The Bertz CT molecular complexity index is 245. The van der Waals surface area contributed by atoms with Gasteiger partial charge in [0.15, 0.2) is 0 Å². The number of primary amides is 1. The first kappa shape index (κ1) is 13.7. The number of hydrogen-bond acceptors (Lipinski definition) is 4. The molecule has 0 aromatic carbocycles. The number of aliphatic hydroxyl groups excluding tert-OH is 1. The van der Waals surface area contributed by atoms with Crippen LogP contribution in [-0.4, -0.2) is 34.9 Å². The molecule has 0 bridgehead atoms. The van der Waals surface area contributed by atoms with Gasteiger partial charge in [-0.1, -0.05) is 0 Å². The van der Waals surface area contributed by atoms with Crippen molar-refractivity contribution in [3.05, 3.63) is 0 Å². The van der Waals surface area contributed by atoms with E-state index in [1.54, 1.807) is 20.8 Å². The molecule has 0 spiro atoms. The van der Waals surface area contributed by atoms with Crippen molar-refractivity contribution in [2.24, 2.45) is 5.73 Å². The van der Waals surface area contributed by atoms with E-state index in [1.165, 1.54) is 6.92 Å². The lowest BCUT2D eigenvalue weighted by molar-refractivity contribution is -0.122. The summed E-state index contributed by atoms with van der Waals surface area (Å²) in [5.74, 6) is -0.809. The van der Waals surface area contributed by atoms with Crippen LogP contribution in [0.3, 0.4) is 0 Å². The molecule has 0 rings (SSSR count). The van der Waals surface area contributed by atoms with E-state index in [2.05, 4.69) is 5.32 Å². The Morgan fingerprint density at radius 2 is 1.87 bits per heavy atom. The molecule has 0 aromatic rings. The highest BCUT2D eigenvalue weighted by Crippen LogP contribution is 2.07. The summed E-state index contributed by atoms with van der Waals surface area (Å²) in [6, 6.07) is -1.14. The highest BCUT2D eigenvalue weighted by atomic mass is 16.6. The van der Waals surface area contributed by atoms with Crippen molar-refractivity contribution < 1.29 is 19.4 Å². The monoisotopic (exact) mass is 218 g/mol. The lowest BCUT2D eigenvalue weighted by atomic mass is 10.2. The third-order valence-electron chi connectivity index (χ3n) is 1.46. The topological polar surface area (TPSA) is 102 Å². The zero-order valence-electron chi connectivity index (χ0n) is 9.40. The van der Waals surface area contributed by atoms with E-state index < -0.39 is 29.7 Å². The molecule has 0 aromatic heterocycles. The molecular weight excluding hydrogens is 200 g/mol. The molecule has 0 unspecified atom stereocenters. The van der Waals surface area contributed by atoms with Crippen molar-refractivity contribution in [2.75, 3.05) is 0 Å². The molecule has 0 aliphatic carbocycles. The summed E-state index contributed by atoms with van der Waals surface area (Å²) in [5.41, 5.74) is 4.32. The Morgan fingerprint density at radius 1 is 1.40 bits per heavy atom. The molecule has 2 amide bonds. The van der Waals surface area contributed by atoms with Crippen LogP contribution in [0.4, 0.5) is 4.79 Å². The zero-order valence-corrected chi connectivity index (χ0v) is 9.40. The number of rotatable bonds is 3. The quantitative estimate of drug-likeness (QED) is 0.607. The minimum Gasteiger partial charge on any atom is -0.444 e. The number of alkyl carbamates (subject to hydrolysis) is 1. The molecule has 0 aliphatic rings. The van der Waals surface area contributed by atoms with Crippen LogP contribution in [0.1, 0.15) is 27.7 Å². The fraction of sp³-hybridized carbons (Fsp3) is 0.778. The minimum atomic E-state index is -1.14. The molecule has 4 N–H and O–H groups in total. The Labute approximate surface area is 88.8 Å². The van der Waals surface area contributed by atoms with E-state index >= 15 is 0 Å². The van der Waals surface area contributed by atoms with E-state index in [4.69, 9.17) is 15.6 Å². The summed E-state index contributed by atoms with van der Waals surface area (Å²) >= 11 is 0. The Hall–Kier alpha value is -1.30. The van der Waals surface area contributed by atoms with Crippen LogP contribution in [-0.2, 0) is 9.53 Å². The highest BCUT2D eigenvalue weighted by molar-refractivity contribution is 5.84. The number of nitrogens with one attached hydrogen (secondary N) is 1. The molecule has 88 valence electrons. The Kier molecular flexibility index (Phi) is 4.54. The van der Waals surface area contributed by atoms with Gasteiger partial charge < -0.3 is 20.9 Å². The SMILES string of the molecule is C[C@H](O)[C@H](NC(=O)OC(C)(C)C)C(N)=O. The number of ether oxygens (including phenoxy) is 1. The third kappa shape index (κ3) is 5.90. The molecule has 0 aliphatic heterocycles. The van der Waals surface area contributed by atoms with Gasteiger partial charge in [0, 0.05) is 0 Å². The lowest BCUT2D eigenvalue weighted by Gasteiger charge is -2.23. The van der Waals surface area contributed by atoms with Crippen molar-refractivity contribution in [1.82, 2.24) is 5.32 Å². The third-order valence-corrected chi connectivity index (χ3v) is 1.46. The molecular formula is C9H18N2O4. The Morgan fingerprint density at radius 3 is 2.13 bits per heavy atom. The van der Waals surface area contributed by atoms with Gasteiger partial charge in [0.25, 0.3) is 0 Å². The first-order valence-corrected chi connectivity index (χ1v) is 4.60. The van der Waals surface area contributed by atoms with Crippen molar-refractivity contribution in [3.8, 4) is 0 Å². The van der Waals surface area contributed by atoms with Gasteiger partial charge in [0.2, 0.25) is 5.91 Å². The van der Waals surface area contributed by atoms with Crippen LogP contribution >= 0.6 is 0 Å². The molecule has 6 heteroatoms. The predicted octanol–water partition coefficient (Wildman–Crippen LogP) is -0.254. The van der Waals surface area contributed by atoms with Crippen LogP contribution in [0.2, 0.25) is 0 Å². The van der Waals surface area contributed by atoms with Crippen molar-refractivity contribution in [2.45, 2.75) is 45.4 Å². The van der Waals surface area contributed by atoms with Crippen LogP contribution in [0, 0.1) is 0 Å². The largest absolute Gasteiger partial charge is 0.444 e. The Balaban J connectivity index is 4.31. The van der Waals surface area contributed by atoms with E-state index in [9.17, 15) is 9.59 Å². The molecule has 15 heavy (non-hydrogen) atoms. The molecule has 6 nitrogen and oxygen atoms in total. The van der Waals surface area contributed by atoms with Crippen molar-refractivity contribution >= 4 is 12.0 Å². The summed E-state index contributed by atoms with van der Waals surface area (Å²) in [6.45, 7) is 6.42. The first-order valence-electron chi connectivity index (χ1n) is 4.60. The van der Waals surface area contributed by atoms with E-state index in [0.717, 1.165) is 0 Å². The van der Waals surface area contributed by atoms with Gasteiger partial charge in [-0.3, -0.25) is 4.79 Å². The maximum absolute atomic E-state index is 11.2. The van der Waals surface area contributed by atoms with Gasteiger partial charge in [-0.15, -0.1) is 0 Å². The number of hydrogen-bond donors (Lipinski definition) is 3. The normalized spacial score (nSPS) is 15.3. The molecule has 0 saturated carbocycles. The summed E-state index contributed by atoms with van der Waals surface area (Å²) in [4.78, 5) is 22.1.